The number of hydrogen-bond donors (Lipinski definition) is 2. The van der Waals surface area contributed by atoms with Crippen molar-refractivity contribution in [1.82, 2.24) is 0 Å². The fraction of sp³-hybridized carbons (Fsp3) is 0.696. The molecule has 28 heavy (non-hydrogen) atoms. The van der Waals surface area contributed by atoms with Gasteiger partial charge in [-0.3, -0.25) is 4.79 Å². The third kappa shape index (κ3) is 8.72. The molecule has 1 fully saturated rings. The fourth-order valence-corrected chi connectivity index (χ4v) is 3.76. The first-order chi connectivity index (χ1) is 13.7. The second-order valence-electron chi connectivity index (χ2n) is 7.72. The Balaban J connectivity index is 1.74. The number of benzene rings is 1. The predicted octanol–water partition coefficient (Wildman–Crippen LogP) is 5.23. The lowest BCUT2D eigenvalue weighted by Crippen LogP contribution is -2.22. The van der Waals surface area contributed by atoms with E-state index in [-0.39, 0.29) is 31.5 Å². The van der Waals surface area contributed by atoms with Gasteiger partial charge in [-0.2, -0.15) is 0 Å². The van der Waals surface area contributed by atoms with Crippen LogP contribution < -0.4 is 0 Å². The number of carboxylic acids is 1. The largest absolute Gasteiger partial charge is 0.481 e. The lowest BCUT2D eigenvalue weighted by molar-refractivity contribution is -0.137. The Hall–Kier alpha value is -1.43. The lowest BCUT2D eigenvalue weighted by atomic mass is 10.00. The summed E-state index contributed by atoms with van der Waals surface area (Å²) in [7, 11) is 0. The van der Waals surface area contributed by atoms with E-state index in [9.17, 15) is 4.79 Å². The van der Waals surface area contributed by atoms with Crippen molar-refractivity contribution in [1.29, 1.82) is 0 Å². The van der Waals surface area contributed by atoms with Crippen LogP contribution in [0.5, 0.6) is 0 Å². The molecule has 5 nitrogen and oxygen atoms in total. The van der Waals surface area contributed by atoms with E-state index in [4.69, 9.17) is 19.7 Å². The topological polar surface area (TPSA) is 76.0 Å². The number of aliphatic carboxylic acids is 1. The van der Waals surface area contributed by atoms with Gasteiger partial charge in [0.15, 0.2) is 6.29 Å². The van der Waals surface area contributed by atoms with Crippen LogP contribution in [0.15, 0.2) is 30.3 Å². The van der Waals surface area contributed by atoms with Gasteiger partial charge in [0, 0.05) is 18.6 Å². The van der Waals surface area contributed by atoms with E-state index >= 15 is 0 Å². The van der Waals surface area contributed by atoms with Gasteiger partial charge in [-0.1, -0.05) is 75.3 Å². The zero-order valence-electron chi connectivity index (χ0n) is 16.9. The molecule has 0 aromatic heterocycles. The quantitative estimate of drug-likeness (QED) is 0.400. The molecule has 1 aromatic rings. The molecule has 0 radical (unpaired) electrons. The molecule has 0 saturated carbocycles. The highest BCUT2D eigenvalue weighted by Crippen LogP contribution is 2.35. The molecule has 0 amide bonds. The van der Waals surface area contributed by atoms with Gasteiger partial charge >= 0.3 is 5.97 Å². The Morgan fingerprint density at radius 1 is 0.786 bits per heavy atom. The van der Waals surface area contributed by atoms with E-state index in [1.807, 2.05) is 30.3 Å². The van der Waals surface area contributed by atoms with Crippen LogP contribution in [0.2, 0.25) is 0 Å². The number of aliphatic hydroxyl groups excluding tert-OH is 1. The number of hydrogen-bond acceptors (Lipinski definition) is 4. The van der Waals surface area contributed by atoms with Crippen molar-refractivity contribution in [2.45, 2.75) is 95.5 Å². The van der Waals surface area contributed by atoms with Gasteiger partial charge < -0.3 is 19.7 Å². The molecule has 1 saturated heterocycles. The third-order valence-electron chi connectivity index (χ3n) is 5.36. The molecule has 5 heteroatoms. The molecular formula is C23H36O5. The maximum atomic E-state index is 10.5. The van der Waals surface area contributed by atoms with E-state index in [1.54, 1.807) is 0 Å². The van der Waals surface area contributed by atoms with Gasteiger partial charge in [-0.25, -0.2) is 0 Å². The predicted molar refractivity (Wildman–Crippen MR) is 109 cm³/mol. The van der Waals surface area contributed by atoms with E-state index < -0.39 is 5.97 Å². The molecule has 0 aliphatic carbocycles. The Morgan fingerprint density at radius 2 is 1.32 bits per heavy atom. The molecule has 1 heterocycles. The Morgan fingerprint density at radius 3 is 1.89 bits per heavy atom. The van der Waals surface area contributed by atoms with Crippen LogP contribution in [-0.4, -0.2) is 35.0 Å². The van der Waals surface area contributed by atoms with Gasteiger partial charge in [-0.15, -0.1) is 0 Å². The van der Waals surface area contributed by atoms with E-state index in [1.165, 1.54) is 0 Å². The molecule has 2 N–H and O–H groups in total. The molecule has 3 atom stereocenters. The van der Waals surface area contributed by atoms with Crippen molar-refractivity contribution < 1.29 is 24.5 Å². The molecule has 1 aliphatic heterocycles. The number of carbonyl (C=O) groups is 1. The summed E-state index contributed by atoms with van der Waals surface area (Å²) >= 11 is 0. The summed E-state index contributed by atoms with van der Waals surface area (Å²) in [5.74, 6) is -0.703. The summed E-state index contributed by atoms with van der Waals surface area (Å²) in [6.07, 6.45) is 11.4. The van der Waals surface area contributed by atoms with Crippen LogP contribution in [-0.2, 0) is 14.3 Å². The third-order valence-corrected chi connectivity index (χ3v) is 5.36. The van der Waals surface area contributed by atoms with Crippen LogP contribution in [0.4, 0.5) is 0 Å². The highest BCUT2D eigenvalue weighted by Gasteiger charge is 2.35. The molecule has 158 valence electrons. The van der Waals surface area contributed by atoms with Crippen LogP contribution in [0.1, 0.15) is 88.9 Å². The average molecular weight is 393 g/mol. The Labute approximate surface area is 169 Å². The van der Waals surface area contributed by atoms with E-state index in [0.717, 1.165) is 76.2 Å². The summed E-state index contributed by atoms with van der Waals surface area (Å²) in [5, 5.41) is 17.6. The average Bonchev–Trinajstić information content (AvgIpc) is 3.10. The van der Waals surface area contributed by atoms with E-state index in [2.05, 4.69) is 0 Å². The summed E-state index contributed by atoms with van der Waals surface area (Å²) in [6.45, 7) is 0.272. The van der Waals surface area contributed by atoms with Crippen molar-refractivity contribution >= 4 is 5.97 Å². The summed E-state index contributed by atoms with van der Waals surface area (Å²) in [5.41, 5.74) is 1.07. The first-order valence-electron chi connectivity index (χ1n) is 10.9. The minimum atomic E-state index is -0.703. The van der Waals surface area contributed by atoms with E-state index in [0.29, 0.717) is 0 Å². The maximum Gasteiger partial charge on any atom is 0.303 e. The molecular weight excluding hydrogens is 356 g/mol. The number of unbranched alkanes of at least 4 members (excludes halogenated alkanes) is 7. The van der Waals surface area contributed by atoms with Crippen molar-refractivity contribution in [3.05, 3.63) is 35.9 Å². The monoisotopic (exact) mass is 392 g/mol. The van der Waals surface area contributed by atoms with Gasteiger partial charge in [0.25, 0.3) is 0 Å². The molecule has 0 unspecified atom stereocenters. The normalized spacial score (nSPS) is 21.8. The Kier molecular flexibility index (Phi) is 11.2. The summed E-state index contributed by atoms with van der Waals surface area (Å²) in [4.78, 5) is 10.5. The number of ether oxygens (including phenoxy) is 2. The molecule has 1 aromatic carbocycles. The fourth-order valence-electron chi connectivity index (χ4n) is 3.76. The number of carboxylic acid groups (broad SMARTS) is 1. The van der Waals surface area contributed by atoms with Gasteiger partial charge in [-0.05, 0) is 25.7 Å². The first kappa shape index (κ1) is 22.9. The standard InChI is InChI=1S/C23H36O5/c24-18-12-5-4-10-16-21-20(15-9-2-1-3-11-17-22(25)26)27-23(28-21)19-13-7-6-8-14-19/h6-8,13-14,20-21,23-24H,1-5,9-12,15-18H2,(H,25,26)/t20-,21+,23-/m0/s1. The lowest BCUT2D eigenvalue weighted by Gasteiger charge is -2.16. The number of aliphatic hydroxyl groups is 1. The highest BCUT2D eigenvalue weighted by molar-refractivity contribution is 5.66. The minimum Gasteiger partial charge on any atom is -0.481 e. The van der Waals surface area contributed by atoms with Gasteiger partial charge in [0.05, 0.1) is 12.2 Å². The minimum absolute atomic E-state index is 0.127. The second kappa shape index (κ2) is 13.7. The second-order valence-corrected chi connectivity index (χ2v) is 7.72. The molecule has 2 rings (SSSR count). The number of rotatable bonds is 15. The van der Waals surface area contributed by atoms with Crippen LogP contribution >= 0.6 is 0 Å². The van der Waals surface area contributed by atoms with Gasteiger partial charge in [0.2, 0.25) is 0 Å². The van der Waals surface area contributed by atoms with Gasteiger partial charge in [0.1, 0.15) is 0 Å². The Bertz CT molecular complexity index is 533. The van der Waals surface area contributed by atoms with Crippen molar-refractivity contribution in [2.75, 3.05) is 6.61 Å². The van der Waals surface area contributed by atoms with Crippen molar-refractivity contribution in [2.24, 2.45) is 0 Å². The molecule has 0 spiro atoms. The van der Waals surface area contributed by atoms with Crippen LogP contribution in [0.25, 0.3) is 0 Å². The van der Waals surface area contributed by atoms with Crippen LogP contribution in [0, 0.1) is 0 Å². The maximum absolute atomic E-state index is 10.5. The molecule has 0 bridgehead atoms. The summed E-state index contributed by atoms with van der Waals surface area (Å²) in [6, 6.07) is 10.1. The van der Waals surface area contributed by atoms with Crippen LogP contribution in [0.3, 0.4) is 0 Å². The van der Waals surface area contributed by atoms with Crippen molar-refractivity contribution in [3.8, 4) is 0 Å². The molecule has 1 aliphatic rings. The summed E-state index contributed by atoms with van der Waals surface area (Å²) < 4.78 is 12.5. The first-order valence-corrected chi connectivity index (χ1v) is 10.9. The zero-order chi connectivity index (χ0) is 20.0. The smallest absolute Gasteiger partial charge is 0.303 e. The highest BCUT2D eigenvalue weighted by atomic mass is 16.7. The van der Waals surface area contributed by atoms with Crippen molar-refractivity contribution in [3.63, 3.8) is 0 Å². The SMILES string of the molecule is O=C(O)CCCCCCC[C@@H]1O[C@H](c2ccccc2)O[C@@H]1CCCCCCO. The zero-order valence-corrected chi connectivity index (χ0v) is 16.9.